The van der Waals surface area contributed by atoms with Gasteiger partial charge in [-0.25, -0.2) is 0 Å². The van der Waals surface area contributed by atoms with Crippen molar-refractivity contribution < 1.29 is 28.4 Å². The predicted octanol–water partition coefficient (Wildman–Crippen LogP) is 1.79. The molecule has 6 heteroatoms. The van der Waals surface area contributed by atoms with Gasteiger partial charge in [0.25, 0.3) is 0 Å². The second-order valence-corrected chi connectivity index (χ2v) is 3.92. The van der Waals surface area contributed by atoms with Crippen molar-refractivity contribution in [1.29, 1.82) is 0 Å². The lowest BCUT2D eigenvalue weighted by molar-refractivity contribution is -0.368. The number of ether oxygens (including phenoxy) is 6. The third kappa shape index (κ3) is 2.85. The van der Waals surface area contributed by atoms with Gasteiger partial charge < -0.3 is 28.4 Å². The third-order valence-electron chi connectivity index (χ3n) is 3.18. The molecule has 0 saturated carbocycles. The Bertz CT molecular complexity index is 360. The lowest BCUT2D eigenvalue weighted by Gasteiger charge is -2.32. The van der Waals surface area contributed by atoms with Gasteiger partial charge in [0, 0.05) is 53.8 Å². The molecule has 6 nitrogen and oxygen atoms in total. The molecule has 0 fully saturated rings. The molecule has 114 valence electrons. The summed E-state index contributed by atoms with van der Waals surface area (Å²) < 4.78 is 31.9. The fourth-order valence-corrected chi connectivity index (χ4v) is 2.11. The lowest BCUT2D eigenvalue weighted by Crippen LogP contribution is -2.36. The lowest BCUT2D eigenvalue weighted by atomic mass is 10.1. The Kier molecular flexibility index (Phi) is 6.07. The molecule has 0 spiro atoms. The molecule has 1 rings (SSSR count). The summed E-state index contributed by atoms with van der Waals surface area (Å²) in [5.41, 5.74) is 1.30. The van der Waals surface area contributed by atoms with Crippen LogP contribution in [0.3, 0.4) is 0 Å². The highest BCUT2D eigenvalue weighted by atomic mass is 16.9. The number of rotatable bonds is 8. The highest BCUT2D eigenvalue weighted by Gasteiger charge is 2.37. The van der Waals surface area contributed by atoms with Gasteiger partial charge in [0.2, 0.25) is 0 Å². The SMILES string of the molecule is COC(OC)(OC)c1cccc(C(OC)(OC)OC)c1. The van der Waals surface area contributed by atoms with Crippen molar-refractivity contribution in [2.24, 2.45) is 0 Å². The Hall–Kier alpha value is -1.02. The average Bonchev–Trinajstić information content (AvgIpc) is 2.52. The second-order valence-electron chi connectivity index (χ2n) is 3.92. The van der Waals surface area contributed by atoms with E-state index in [9.17, 15) is 0 Å². The zero-order chi connectivity index (χ0) is 15.2. The molecular weight excluding hydrogens is 264 g/mol. The van der Waals surface area contributed by atoms with Crippen LogP contribution in [0, 0.1) is 0 Å². The van der Waals surface area contributed by atoms with Crippen molar-refractivity contribution >= 4 is 0 Å². The van der Waals surface area contributed by atoms with Gasteiger partial charge in [-0.1, -0.05) is 18.2 Å². The molecule has 1 aromatic carbocycles. The monoisotopic (exact) mass is 286 g/mol. The van der Waals surface area contributed by atoms with Gasteiger partial charge in [0.15, 0.2) is 0 Å². The molecule has 0 saturated heterocycles. The fourth-order valence-electron chi connectivity index (χ4n) is 2.11. The summed E-state index contributed by atoms with van der Waals surface area (Å²) in [6.07, 6.45) is 0. The van der Waals surface area contributed by atoms with Crippen LogP contribution in [0.2, 0.25) is 0 Å². The Labute approximate surface area is 119 Å². The number of hydrogen-bond acceptors (Lipinski definition) is 6. The molecule has 0 amide bonds. The molecule has 0 atom stereocenters. The van der Waals surface area contributed by atoms with E-state index in [4.69, 9.17) is 28.4 Å². The minimum Gasteiger partial charge on any atom is -0.327 e. The van der Waals surface area contributed by atoms with E-state index in [0.29, 0.717) is 11.1 Å². The predicted molar refractivity (Wildman–Crippen MR) is 71.9 cm³/mol. The van der Waals surface area contributed by atoms with Gasteiger partial charge in [0.1, 0.15) is 0 Å². The molecule has 0 radical (unpaired) electrons. The zero-order valence-corrected chi connectivity index (χ0v) is 12.8. The van der Waals surface area contributed by atoms with Crippen molar-refractivity contribution in [2.45, 2.75) is 11.9 Å². The maximum Gasteiger partial charge on any atom is 0.311 e. The molecule has 20 heavy (non-hydrogen) atoms. The Morgan fingerprint density at radius 3 is 1.15 bits per heavy atom. The van der Waals surface area contributed by atoms with Crippen LogP contribution in [0.4, 0.5) is 0 Å². The van der Waals surface area contributed by atoms with Crippen LogP contribution in [-0.2, 0) is 40.4 Å². The largest absolute Gasteiger partial charge is 0.327 e. The number of hydrogen-bond donors (Lipinski definition) is 0. The van der Waals surface area contributed by atoms with Crippen LogP contribution in [0.1, 0.15) is 11.1 Å². The van der Waals surface area contributed by atoms with Crippen molar-refractivity contribution in [3.05, 3.63) is 35.4 Å². The summed E-state index contributed by atoms with van der Waals surface area (Å²) in [6, 6.07) is 7.20. The molecule has 0 N–H and O–H groups in total. The van der Waals surface area contributed by atoms with E-state index in [1.54, 1.807) is 6.07 Å². The average molecular weight is 286 g/mol. The van der Waals surface area contributed by atoms with Crippen molar-refractivity contribution in [3.8, 4) is 0 Å². The van der Waals surface area contributed by atoms with Gasteiger partial charge >= 0.3 is 11.9 Å². The molecule has 1 aromatic rings. The van der Waals surface area contributed by atoms with Gasteiger partial charge in [-0.2, -0.15) is 0 Å². The van der Waals surface area contributed by atoms with E-state index in [-0.39, 0.29) is 0 Å². The highest BCUT2D eigenvalue weighted by Crippen LogP contribution is 2.32. The van der Waals surface area contributed by atoms with Crippen LogP contribution in [-0.4, -0.2) is 42.7 Å². The maximum atomic E-state index is 5.32. The van der Waals surface area contributed by atoms with Gasteiger partial charge in [0.05, 0.1) is 0 Å². The first-order chi connectivity index (χ1) is 9.57. The van der Waals surface area contributed by atoms with Gasteiger partial charge in [-0.3, -0.25) is 0 Å². The normalized spacial score (nSPS) is 12.7. The topological polar surface area (TPSA) is 55.4 Å². The third-order valence-corrected chi connectivity index (χ3v) is 3.18. The van der Waals surface area contributed by atoms with Gasteiger partial charge in [-0.05, 0) is 6.07 Å². The maximum absolute atomic E-state index is 5.32. The van der Waals surface area contributed by atoms with Crippen molar-refractivity contribution in [3.63, 3.8) is 0 Å². The minimum absolute atomic E-state index is 0.651. The number of benzene rings is 1. The van der Waals surface area contributed by atoms with Crippen LogP contribution in [0.5, 0.6) is 0 Å². The second kappa shape index (κ2) is 7.12. The van der Waals surface area contributed by atoms with Crippen LogP contribution in [0.15, 0.2) is 24.3 Å². The molecule has 0 bridgehead atoms. The molecule has 0 aromatic heterocycles. The zero-order valence-electron chi connectivity index (χ0n) is 12.8. The van der Waals surface area contributed by atoms with E-state index in [1.807, 2.05) is 18.2 Å². The first-order valence-electron chi connectivity index (χ1n) is 6.00. The van der Waals surface area contributed by atoms with Gasteiger partial charge in [-0.15, -0.1) is 0 Å². The summed E-state index contributed by atoms with van der Waals surface area (Å²) in [4.78, 5) is 0. The van der Waals surface area contributed by atoms with Crippen LogP contribution in [0.25, 0.3) is 0 Å². The molecule has 0 heterocycles. The molecule has 0 aliphatic heterocycles. The smallest absolute Gasteiger partial charge is 0.311 e. The molecular formula is C14H22O6. The van der Waals surface area contributed by atoms with Crippen molar-refractivity contribution in [1.82, 2.24) is 0 Å². The Morgan fingerprint density at radius 2 is 0.900 bits per heavy atom. The summed E-state index contributed by atoms with van der Waals surface area (Å²) in [6.45, 7) is 0. The quantitative estimate of drug-likeness (QED) is 0.679. The van der Waals surface area contributed by atoms with E-state index >= 15 is 0 Å². The van der Waals surface area contributed by atoms with Crippen molar-refractivity contribution in [2.75, 3.05) is 42.7 Å². The standard InChI is InChI=1S/C14H22O6/c1-15-13(16-2,17-3)11-8-7-9-12(10-11)14(18-4,19-5)20-6/h7-10H,1-6H3. The van der Waals surface area contributed by atoms with E-state index < -0.39 is 11.9 Å². The Morgan fingerprint density at radius 1 is 0.600 bits per heavy atom. The van der Waals surface area contributed by atoms with E-state index in [1.165, 1.54) is 42.7 Å². The van der Waals surface area contributed by atoms with Crippen LogP contribution < -0.4 is 0 Å². The van der Waals surface area contributed by atoms with E-state index in [0.717, 1.165) is 0 Å². The summed E-state index contributed by atoms with van der Waals surface area (Å²) in [5.74, 6) is -2.59. The molecule has 0 unspecified atom stereocenters. The summed E-state index contributed by atoms with van der Waals surface area (Å²) in [7, 11) is 8.98. The number of methoxy groups -OCH3 is 6. The Balaban J connectivity index is 3.32. The first kappa shape index (κ1) is 17.0. The highest BCUT2D eigenvalue weighted by molar-refractivity contribution is 5.28. The summed E-state index contributed by atoms with van der Waals surface area (Å²) in [5, 5.41) is 0. The minimum atomic E-state index is -1.29. The summed E-state index contributed by atoms with van der Waals surface area (Å²) >= 11 is 0. The molecule has 0 aliphatic rings. The first-order valence-corrected chi connectivity index (χ1v) is 6.00. The van der Waals surface area contributed by atoms with E-state index in [2.05, 4.69) is 0 Å². The molecule has 0 aliphatic carbocycles. The van der Waals surface area contributed by atoms with Crippen LogP contribution >= 0.6 is 0 Å². The fraction of sp³-hybridized carbons (Fsp3) is 0.571.